The zero-order chi connectivity index (χ0) is 21.9. The molecule has 1 aliphatic carbocycles. The van der Waals surface area contributed by atoms with Crippen LogP contribution < -0.4 is 0 Å². The Morgan fingerprint density at radius 2 is 1.71 bits per heavy atom. The minimum atomic E-state index is -1.64. The molecule has 0 N–H and O–H groups in total. The summed E-state index contributed by atoms with van der Waals surface area (Å²) in [5.41, 5.74) is 3.88. The summed E-state index contributed by atoms with van der Waals surface area (Å²) in [5, 5.41) is 9.94. The first-order chi connectivity index (χ1) is 14.3. The molecule has 1 saturated carbocycles. The van der Waals surface area contributed by atoms with E-state index >= 15 is 0 Å². The molecule has 0 amide bonds. The number of nitrogens with zero attached hydrogens (tertiary/aromatic N) is 3. The Morgan fingerprint density at radius 1 is 1.13 bits per heavy atom. The molecular weight excluding hydrogens is 497 g/mol. The first-order valence-electron chi connectivity index (χ1n) is 10.7. The molecule has 1 aromatic rings. The average molecular weight is 533 g/mol. The maximum absolute atomic E-state index is 4.89. The molecule has 3 nitrogen and oxygen atoms in total. The summed E-state index contributed by atoms with van der Waals surface area (Å²) in [4.78, 5) is 1.56. The molecule has 170 valence electrons. The van der Waals surface area contributed by atoms with E-state index < -0.39 is 25.3 Å². The van der Waals surface area contributed by atoms with Gasteiger partial charge in [0, 0.05) is 5.25 Å². The van der Waals surface area contributed by atoms with E-state index in [9.17, 15) is 0 Å². The van der Waals surface area contributed by atoms with Gasteiger partial charge in [0.1, 0.15) is 8.24 Å². The van der Waals surface area contributed by atoms with E-state index in [0.29, 0.717) is 12.6 Å². The molecule has 0 aromatic heterocycles. The van der Waals surface area contributed by atoms with Crippen LogP contribution in [0.2, 0.25) is 18.6 Å². The van der Waals surface area contributed by atoms with Gasteiger partial charge in [0.25, 0.3) is 0 Å². The molecule has 1 aromatic carbocycles. The van der Waals surface area contributed by atoms with Crippen molar-refractivity contribution in [2.24, 2.45) is 17.8 Å². The third-order valence-electron chi connectivity index (χ3n) is 7.11. The molecule has 0 bridgehead atoms. The van der Waals surface area contributed by atoms with Crippen LogP contribution >= 0.6 is 30.4 Å². The molecule has 3 aliphatic rings. The number of rotatable bonds is 4. The molecule has 4 unspecified atom stereocenters. The van der Waals surface area contributed by atoms with Gasteiger partial charge in [-0.3, -0.25) is 6.67 Å². The van der Waals surface area contributed by atoms with Gasteiger partial charge in [-0.1, -0.05) is 57.3 Å². The molecule has 4 atom stereocenters. The van der Waals surface area contributed by atoms with Crippen molar-refractivity contribution in [2.45, 2.75) is 51.1 Å². The van der Waals surface area contributed by atoms with Crippen molar-refractivity contribution >= 4 is 44.2 Å². The van der Waals surface area contributed by atoms with Gasteiger partial charge in [0.05, 0.1) is 0 Å². The Hall–Kier alpha value is 0.701. The molecule has 0 radical (unpaired) electrons. The fourth-order valence-corrected chi connectivity index (χ4v) is 12.4. The molecule has 1 saturated heterocycles. The van der Waals surface area contributed by atoms with Crippen LogP contribution in [-0.2, 0) is 17.0 Å². The molecule has 2 heterocycles. The summed E-state index contributed by atoms with van der Waals surface area (Å²) in [6.07, 6.45) is 1.35. The van der Waals surface area contributed by atoms with E-state index in [4.69, 9.17) is 18.6 Å². The van der Waals surface area contributed by atoms with Gasteiger partial charge < -0.3 is 22.6 Å². The van der Waals surface area contributed by atoms with Crippen molar-refractivity contribution in [3.63, 3.8) is 0 Å². The monoisotopic (exact) mass is 532 g/mol. The fraction of sp³-hybridized carbons (Fsp3) is 0.609. The van der Waals surface area contributed by atoms with Crippen LogP contribution in [0.15, 0.2) is 35.2 Å². The number of halogens is 2. The van der Waals surface area contributed by atoms with Gasteiger partial charge in [0.15, 0.2) is 0 Å². The molecule has 0 spiro atoms. The van der Waals surface area contributed by atoms with Crippen LogP contribution in [0, 0.1) is 25.2 Å². The number of allylic oxidation sites excluding steroid dienone is 2. The van der Waals surface area contributed by atoms with E-state index in [1.807, 2.05) is 0 Å². The van der Waals surface area contributed by atoms with Gasteiger partial charge in [0.2, 0.25) is 0 Å². The van der Waals surface area contributed by atoms with Crippen LogP contribution in [0.25, 0.3) is 16.2 Å². The summed E-state index contributed by atoms with van der Waals surface area (Å²) >= 11 is 1.63. The predicted molar refractivity (Wildman–Crippen MR) is 139 cm³/mol. The van der Waals surface area contributed by atoms with Crippen LogP contribution in [0.1, 0.15) is 32.8 Å². The third-order valence-corrected chi connectivity index (χ3v) is 13.2. The Morgan fingerprint density at radius 3 is 2.26 bits per heavy atom. The first kappa shape index (κ1) is 27.9. The Balaban J connectivity index is 0.000000808. The predicted octanol–water partition coefficient (Wildman–Crippen LogP) is 8.16. The normalized spacial score (nSPS) is 28.9. The summed E-state index contributed by atoms with van der Waals surface area (Å²) in [5.74, 6) is 2.26. The first-order valence-corrected chi connectivity index (χ1v) is 18.9. The SMILES string of the molecule is CC1=C(c2ccccc2)C2CC(C(C)C)C([Si](C)(C)N3C[N-]C[N-]C3)C2S1.[CH3-].[Cl][Ti+4][Cl]. The second-order valence-corrected chi connectivity index (χ2v) is 17.9. The van der Waals surface area contributed by atoms with Gasteiger partial charge in [-0.2, -0.15) is 0 Å². The van der Waals surface area contributed by atoms with Gasteiger partial charge in [-0.25, -0.2) is 0 Å². The number of hydrogen-bond acceptors (Lipinski definition) is 2. The van der Waals surface area contributed by atoms with Crippen molar-refractivity contribution in [1.29, 1.82) is 0 Å². The molecular formula is C23H36Cl2N3SSiTi+. The van der Waals surface area contributed by atoms with E-state index in [1.165, 1.54) is 12.0 Å². The fourth-order valence-electron chi connectivity index (χ4n) is 5.70. The quantitative estimate of drug-likeness (QED) is 0.289. The van der Waals surface area contributed by atoms with Crippen molar-refractivity contribution in [3.05, 3.63) is 58.9 Å². The summed E-state index contributed by atoms with van der Waals surface area (Å²) < 4.78 is 2.65. The topological polar surface area (TPSA) is 31.4 Å². The van der Waals surface area contributed by atoms with Crippen molar-refractivity contribution in [2.75, 3.05) is 20.0 Å². The van der Waals surface area contributed by atoms with Gasteiger partial charge >= 0.3 is 35.6 Å². The van der Waals surface area contributed by atoms with Crippen LogP contribution in [0.3, 0.4) is 0 Å². The van der Waals surface area contributed by atoms with E-state index in [-0.39, 0.29) is 7.43 Å². The van der Waals surface area contributed by atoms with Crippen molar-refractivity contribution < 1.29 is 17.0 Å². The standard InChI is InChI=1S/C22H33N3SSi.CH3.2ClH.Ti/c1-15(2)18-11-19-20(17-9-7-6-8-10-17)16(3)26-21(19)22(18)27(4,5)25-13-23-12-24-14-25;;;;/h6-10,15,18-19,21-22H,11-14H2,1-5H3;1H3;2*1H;/q-2;-1;;;+6/p-2. The molecule has 31 heavy (non-hydrogen) atoms. The number of thioether (sulfide) groups is 1. The van der Waals surface area contributed by atoms with Crippen LogP contribution in [0.4, 0.5) is 0 Å². The Kier molecular flexibility index (Phi) is 11.2. The van der Waals surface area contributed by atoms with Gasteiger partial charge in [-0.15, -0.1) is 25.1 Å². The van der Waals surface area contributed by atoms with Gasteiger partial charge in [-0.05, 0) is 52.7 Å². The molecule has 8 heteroatoms. The Bertz CT molecular complexity index is 729. The van der Waals surface area contributed by atoms with Crippen molar-refractivity contribution in [1.82, 2.24) is 4.57 Å². The maximum atomic E-state index is 4.89. The second-order valence-electron chi connectivity index (χ2n) is 9.33. The van der Waals surface area contributed by atoms with E-state index in [1.54, 1.807) is 10.5 Å². The molecule has 2 fully saturated rings. The molecule has 2 aliphatic heterocycles. The van der Waals surface area contributed by atoms with Crippen molar-refractivity contribution in [3.8, 4) is 0 Å². The zero-order valence-electron chi connectivity index (χ0n) is 19.6. The summed E-state index contributed by atoms with van der Waals surface area (Å²) in [7, 11) is 8.13. The van der Waals surface area contributed by atoms with Crippen LogP contribution in [-0.4, -0.2) is 38.1 Å². The summed E-state index contributed by atoms with van der Waals surface area (Å²) in [6.45, 7) is 14.9. The second kappa shape index (κ2) is 12.4. The zero-order valence-corrected chi connectivity index (χ0v) is 24.5. The average Bonchev–Trinajstić information content (AvgIpc) is 3.24. The Labute approximate surface area is 212 Å². The third kappa shape index (κ3) is 6.04. The molecule has 4 rings (SSSR count). The number of fused-ring (bicyclic) bond motifs is 1. The summed E-state index contributed by atoms with van der Waals surface area (Å²) in [6, 6.07) is 11.1. The number of hydrogen-bond donors (Lipinski definition) is 0. The minimum absolute atomic E-state index is 0. The number of benzene rings is 1. The van der Waals surface area contributed by atoms with E-state index in [2.05, 4.69) is 91.2 Å². The van der Waals surface area contributed by atoms with Crippen LogP contribution in [0.5, 0.6) is 0 Å². The van der Waals surface area contributed by atoms with E-state index in [0.717, 1.165) is 36.0 Å².